The van der Waals surface area contributed by atoms with E-state index < -0.39 is 0 Å². The molecule has 0 heterocycles. The molecule has 0 aliphatic heterocycles. The largest absolute Gasteiger partial charge is 0.497 e. The standard InChI is InChI=1S/C13H12O2.CH4O/c1-14-11-7-9-13(10-8-11)15-12-5-3-2-4-6-12;1-2/h2-10H,1H3;2H,1H3. The van der Waals surface area contributed by atoms with Crippen LogP contribution in [0.2, 0.25) is 0 Å². The third-order valence-corrected chi connectivity index (χ3v) is 2.04. The topological polar surface area (TPSA) is 38.7 Å². The average molecular weight is 232 g/mol. The number of para-hydroxylation sites is 1. The summed E-state index contributed by atoms with van der Waals surface area (Å²) in [5.74, 6) is 2.47. The Bertz CT molecular complexity index is 409. The van der Waals surface area contributed by atoms with E-state index in [1.54, 1.807) is 7.11 Å². The van der Waals surface area contributed by atoms with E-state index in [0.717, 1.165) is 24.4 Å². The van der Waals surface area contributed by atoms with Gasteiger partial charge in [0.15, 0.2) is 0 Å². The van der Waals surface area contributed by atoms with Gasteiger partial charge in [-0.05, 0) is 36.4 Å². The summed E-state index contributed by atoms with van der Waals surface area (Å²) in [6.45, 7) is 0. The van der Waals surface area contributed by atoms with Gasteiger partial charge in [-0.15, -0.1) is 0 Å². The SMILES string of the molecule is CO.COc1ccc(Oc2ccccc2)cc1. The van der Waals surface area contributed by atoms with E-state index in [9.17, 15) is 0 Å². The quantitative estimate of drug-likeness (QED) is 0.883. The predicted octanol–water partition coefficient (Wildman–Crippen LogP) is 3.10. The predicted molar refractivity (Wildman–Crippen MR) is 67.7 cm³/mol. The second-order valence-electron chi connectivity index (χ2n) is 3.09. The Morgan fingerprint density at radius 2 is 1.18 bits per heavy atom. The van der Waals surface area contributed by atoms with Crippen molar-refractivity contribution in [3.63, 3.8) is 0 Å². The van der Waals surface area contributed by atoms with Crippen LogP contribution >= 0.6 is 0 Å². The number of methoxy groups -OCH3 is 1. The van der Waals surface area contributed by atoms with E-state index in [-0.39, 0.29) is 0 Å². The summed E-state index contributed by atoms with van der Waals surface area (Å²) >= 11 is 0. The maximum Gasteiger partial charge on any atom is 0.127 e. The molecule has 3 heteroatoms. The molecule has 1 N–H and O–H groups in total. The van der Waals surface area contributed by atoms with Crippen LogP contribution in [-0.4, -0.2) is 19.3 Å². The van der Waals surface area contributed by atoms with Gasteiger partial charge in [0.25, 0.3) is 0 Å². The van der Waals surface area contributed by atoms with Crippen molar-refractivity contribution in [3.8, 4) is 17.2 Å². The maximum absolute atomic E-state index is 7.00. The smallest absolute Gasteiger partial charge is 0.127 e. The highest BCUT2D eigenvalue weighted by Gasteiger charge is 1.96. The second-order valence-corrected chi connectivity index (χ2v) is 3.09. The molecule has 3 nitrogen and oxygen atoms in total. The molecule has 0 fully saturated rings. The normalized spacial score (nSPS) is 8.88. The molecule has 0 aliphatic carbocycles. The van der Waals surface area contributed by atoms with E-state index in [2.05, 4.69) is 0 Å². The first kappa shape index (κ1) is 13.1. The van der Waals surface area contributed by atoms with Crippen LogP contribution < -0.4 is 9.47 Å². The lowest BCUT2D eigenvalue weighted by Gasteiger charge is -2.05. The monoisotopic (exact) mass is 232 g/mol. The molecule has 0 aliphatic rings. The molecule has 0 aromatic heterocycles. The van der Waals surface area contributed by atoms with Crippen molar-refractivity contribution < 1.29 is 14.6 Å². The molecular weight excluding hydrogens is 216 g/mol. The zero-order valence-electron chi connectivity index (χ0n) is 9.96. The number of aliphatic hydroxyl groups excluding tert-OH is 1. The highest BCUT2D eigenvalue weighted by Crippen LogP contribution is 2.23. The zero-order valence-corrected chi connectivity index (χ0v) is 9.96. The van der Waals surface area contributed by atoms with Crippen molar-refractivity contribution in [1.29, 1.82) is 0 Å². The van der Waals surface area contributed by atoms with Crippen molar-refractivity contribution in [2.24, 2.45) is 0 Å². The molecule has 0 atom stereocenters. The number of rotatable bonds is 3. The van der Waals surface area contributed by atoms with Gasteiger partial charge in [-0.25, -0.2) is 0 Å². The van der Waals surface area contributed by atoms with Crippen LogP contribution in [0.3, 0.4) is 0 Å². The van der Waals surface area contributed by atoms with Gasteiger partial charge in [0, 0.05) is 7.11 Å². The third kappa shape index (κ3) is 4.17. The molecule has 0 bridgehead atoms. The van der Waals surface area contributed by atoms with Gasteiger partial charge >= 0.3 is 0 Å². The number of ether oxygens (including phenoxy) is 2. The highest BCUT2D eigenvalue weighted by atomic mass is 16.5. The first-order chi connectivity index (χ1) is 8.38. The van der Waals surface area contributed by atoms with Gasteiger partial charge < -0.3 is 14.6 Å². The molecule has 0 saturated heterocycles. The van der Waals surface area contributed by atoms with E-state index in [4.69, 9.17) is 14.6 Å². The van der Waals surface area contributed by atoms with E-state index in [1.807, 2.05) is 54.6 Å². The molecule has 0 radical (unpaired) electrons. The van der Waals surface area contributed by atoms with Gasteiger partial charge in [0.2, 0.25) is 0 Å². The van der Waals surface area contributed by atoms with Crippen molar-refractivity contribution in [2.45, 2.75) is 0 Å². The van der Waals surface area contributed by atoms with E-state index in [1.165, 1.54) is 0 Å². The number of benzene rings is 2. The Balaban J connectivity index is 0.000000686. The summed E-state index contributed by atoms with van der Waals surface area (Å²) in [5.41, 5.74) is 0. The Morgan fingerprint density at radius 3 is 1.71 bits per heavy atom. The minimum atomic E-state index is 0.807. The van der Waals surface area contributed by atoms with Crippen molar-refractivity contribution >= 4 is 0 Å². The molecule has 2 rings (SSSR count). The minimum absolute atomic E-state index is 0.807. The van der Waals surface area contributed by atoms with Crippen LogP contribution in [0.25, 0.3) is 0 Å². The van der Waals surface area contributed by atoms with Gasteiger partial charge in [0.1, 0.15) is 17.2 Å². The first-order valence-corrected chi connectivity index (χ1v) is 5.20. The first-order valence-electron chi connectivity index (χ1n) is 5.20. The van der Waals surface area contributed by atoms with Crippen molar-refractivity contribution in [1.82, 2.24) is 0 Å². The Labute approximate surface area is 101 Å². The number of aliphatic hydroxyl groups is 1. The second kappa shape index (κ2) is 7.30. The number of hydrogen-bond acceptors (Lipinski definition) is 3. The van der Waals surface area contributed by atoms with Gasteiger partial charge in [-0.2, -0.15) is 0 Å². The molecular formula is C14H16O3. The fourth-order valence-electron chi connectivity index (χ4n) is 1.27. The molecule has 90 valence electrons. The van der Waals surface area contributed by atoms with Crippen LogP contribution in [0.4, 0.5) is 0 Å². The third-order valence-electron chi connectivity index (χ3n) is 2.04. The van der Waals surface area contributed by atoms with Crippen LogP contribution in [0.15, 0.2) is 54.6 Å². The zero-order chi connectivity index (χ0) is 12.5. The Morgan fingerprint density at radius 1 is 0.706 bits per heavy atom. The summed E-state index contributed by atoms with van der Waals surface area (Å²) in [6.07, 6.45) is 0. The lowest BCUT2D eigenvalue weighted by Crippen LogP contribution is -1.85. The maximum atomic E-state index is 7.00. The van der Waals surface area contributed by atoms with E-state index >= 15 is 0 Å². The lowest BCUT2D eigenvalue weighted by atomic mass is 10.3. The van der Waals surface area contributed by atoms with Crippen molar-refractivity contribution in [3.05, 3.63) is 54.6 Å². The molecule has 17 heavy (non-hydrogen) atoms. The van der Waals surface area contributed by atoms with Crippen LogP contribution in [0.1, 0.15) is 0 Å². The Kier molecular flexibility index (Phi) is 5.61. The summed E-state index contributed by atoms with van der Waals surface area (Å²) in [7, 11) is 2.65. The van der Waals surface area contributed by atoms with Crippen LogP contribution in [0.5, 0.6) is 17.2 Å². The average Bonchev–Trinajstić information content (AvgIpc) is 2.43. The fourth-order valence-corrected chi connectivity index (χ4v) is 1.27. The summed E-state index contributed by atoms with van der Waals surface area (Å²) in [5, 5.41) is 7.00. The van der Waals surface area contributed by atoms with Gasteiger partial charge in [-0.1, -0.05) is 18.2 Å². The Hall–Kier alpha value is -2.00. The van der Waals surface area contributed by atoms with E-state index in [0.29, 0.717) is 0 Å². The summed E-state index contributed by atoms with van der Waals surface area (Å²) < 4.78 is 10.7. The van der Waals surface area contributed by atoms with Gasteiger partial charge in [-0.3, -0.25) is 0 Å². The molecule has 0 amide bonds. The molecule has 2 aromatic carbocycles. The number of hydrogen-bond donors (Lipinski definition) is 1. The minimum Gasteiger partial charge on any atom is -0.497 e. The summed E-state index contributed by atoms with van der Waals surface area (Å²) in [4.78, 5) is 0. The fraction of sp³-hybridized carbons (Fsp3) is 0.143. The summed E-state index contributed by atoms with van der Waals surface area (Å²) in [6, 6.07) is 17.2. The molecule has 2 aromatic rings. The van der Waals surface area contributed by atoms with Crippen molar-refractivity contribution in [2.75, 3.05) is 14.2 Å². The lowest BCUT2D eigenvalue weighted by molar-refractivity contribution is 0.399. The molecule has 0 spiro atoms. The van der Waals surface area contributed by atoms with Crippen LogP contribution in [-0.2, 0) is 0 Å². The molecule has 0 unspecified atom stereocenters. The van der Waals surface area contributed by atoms with Crippen LogP contribution in [0, 0.1) is 0 Å². The highest BCUT2D eigenvalue weighted by molar-refractivity contribution is 5.35. The van der Waals surface area contributed by atoms with Gasteiger partial charge in [0.05, 0.1) is 7.11 Å². The molecule has 0 saturated carbocycles.